The molecule has 0 rings (SSSR count). The monoisotopic (exact) mass is 1050 g/mol. The minimum atomic E-state index is -0.787. The molecule has 0 radical (unpaired) electrons. The molecule has 0 aliphatic heterocycles. The summed E-state index contributed by atoms with van der Waals surface area (Å²) in [5, 5.41) is 0. The normalized spacial score (nSPS) is 12.4. The van der Waals surface area contributed by atoms with E-state index in [4.69, 9.17) is 14.2 Å². The summed E-state index contributed by atoms with van der Waals surface area (Å²) in [4.78, 5) is 38.3. The lowest BCUT2D eigenvalue weighted by molar-refractivity contribution is -0.167. The molecule has 0 heterocycles. The average Bonchev–Trinajstić information content (AvgIpc) is 3.41. The summed E-state index contributed by atoms with van der Waals surface area (Å²) in [6.07, 6.45) is 80.9. The van der Waals surface area contributed by atoms with Gasteiger partial charge in [0.1, 0.15) is 13.2 Å². The van der Waals surface area contributed by atoms with Gasteiger partial charge in [-0.3, -0.25) is 14.4 Å². The minimum Gasteiger partial charge on any atom is -0.462 e. The van der Waals surface area contributed by atoms with Crippen LogP contribution < -0.4 is 0 Å². The van der Waals surface area contributed by atoms with Gasteiger partial charge >= 0.3 is 17.9 Å². The molecule has 436 valence electrons. The Labute approximate surface area is 466 Å². The fourth-order valence-electron chi connectivity index (χ4n) is 9.53. The number of carbonyl (C=O) groups excluding carboxylic acids is 3. The fourth-order valence-corrected chi connectivity index (χ4v) is 9.53. The van der Waals surface area contributed by atoms with E-state index in [2.05, 4.69) is 81.5 Å². The predicted molar refractivity (Wildman–Crippen MR) is 325 cm³/mol. The van der Waals surface area contributed by atoms with E-state index in [-0.39, 0.29) is 31.1 Å². The van der Waals surface area contributed by atoms with E-state index in [0.717, 1.165) is 103 Å². The van der Waals surface area contributed by atoms with Crippen molar-refractivity contribution in [2.45, 2.75) is 348 Å². The topological polar surface area (TPSA) is 78.9 Å². The van der Waals surface area contributed by atoms with Crippen LogP contribution in [0.4, 0.5) is 0 Å². The summed E-state index contributed by atoms with van der Waals surface area (Å²) in [6, 6.07) is 0. The highest BCUT2D eigenvalue weighted by Crippen LogP contribution is 2.17. The number of hydrogen-bond donors (Lipinski definition) is 0. The molecular weight excluding hydrogens is 925 g/mol. The average molecular weight is 1050 g/mol. The van der Waals surface area contributed by atoms with Crippen molar-refractivity contribution in [2.75, 3.05) is 13.2 Å². The summed E-state index contributed by atoms with van der Waals surface area (Å²) < 4.78 is 16.9. The van der Waals surface area contributed by atoms with Gasteiger partial charge in [0.15, 0.2) is 6.10 Å². The van der Waals surface area contributed by atoms with Crippen molar-refractivity contribution in [3.63, 3.8) is 0 Å². The summed E-state index contributed by atoms with van der Waals surface area (Å²) in [7, 11) is 0. The molecule has 1 unspecified atom stereocenters. The third-order valence-electron chi connectivity index (χ3n) is 14.5. The number of rotatable bonds is 60. The van der Waals surface area contributed by atoms with Crippen LogP contribution in [-0.2, 0) is 28.6 Å². The van der Waals surface area contributed by atoms with Crippen molar-refractivity contribution in [1.82, 2.24) is 0 Å². The first-order valence-electron chi connectivity index (χ1n) is 32.8. The third-order valence-corrected chi connectivity index (χ3v) is 14.5. The van der Waals surface area contributed by atoms with Crippen molar-refractivity contribution in [1.29, 1.82) is 0 Å². The molecule has 0 amide bonds. The summed E-state index contributed by atoms with van der Waals surface area (Å²) in [5.41, 5.74) is 0. The quantitative estimate of drug-likeness (QED) is 0.0261. The van der Waals surface area contributed by atoms with E-state index < -0.39 is 6.10 Å². The standard InChI is InChI=1S/C69H124O6/c1-4-7-10-13-16-19-22-25-28-30-32-33-34-35-36-38-39-41-44-47-50-53-56-59-62-68(71)74-65-66(64-73-67(70)61-58-55-52-49-46-43-27-24-21-18-15-12-9-6-3)75-69(72)63-60-57-54-51-48-45-42-40-37-31-29-26-23-20-17-14-11-8-5-2/h15,17-18,20,24,26-27,29,37,40,66H,4-14,16,19,21-23,25,28,30-36,38-39,41-65H2,1-3H3/b18-15-,20-17-,27-24-,29-26-,40-37-. The zero-order valence-corrected chi connectivity index (χ0v) is 50.1. The highest BCUT2D eigenvalue weighted by molar-refractivity contribution is 5.71. The van der Waals surface area contributed by atoms with Crippen LogP contribution >= 0.6 is 0 Å². The van der Waals surface area contributed by atoms with Gasteiger partial charge in [0.05, 0.1) is 0 Å². The third kappa shape index (κ3) is 61.8. The van der Waals surface area contributed by atoms with Crippen LogP contribution in [0.2, 0.25) is 0 Å². The number of esters is 3. The smallest absolute Gasteiger partial charge is 0.306 e. The highest BCUT2D eigenvalue weighted by Gasteiger charge is 2.19. The molecule has 0 spiro atoms. The molecule has 0 aliphatic rings. The predicted octanol–water partition coefficient (Wildman–Crippen LogP) is 22.3. The Morgan fingerprint density at radius 3 is 0.813 bits per heavy atom. The molecule has 0 aromatic heterocycles. The Balaban J connectivity index is 4.31. The first kappa shape index (κ1) is 72.1. The maximum atomic E-state index is 12.9. The van der Waals surface area contributed by atoms with Gasteiger partial charge in [0.25, 0.3) is 0 Å². The molecule has 0 N–H and O–H groups in total. The van der Waals surface area contributed by atoms with E-state index in [9.17, 15) is 14.4 Å². The van der Waals surface area contributed by atoms with E-state index in [1.165, 1.54) is 199 Å². The SMILES string of the molecule is CCCC/C=C\C/C=C\CCCCCCCC(=O)OCC(COC(=O)CCCCCCCCCCCCCCCCCCCCCCCCCC)OC(=O)CCCCCCCC/C=C\C/C=C\C/C=C\CCCCC. The molecule has 0 saturated carbocycles. The summed E-state index contributed by atoms with van der Waals surface area (Å²) >= 11 is 0. The van der Waals surface area contributed by atoms with E-state index in [1.54, 1.807) is 0 Å². The highest BCUT2D eigenvalue weighted by atomic mass is 16.6. The Morgan fingerprint density at radius 1 is 0.267 bits per heavy atom. The molecule has 0 aromatic carbocycles. The van der Waals surface area contributed by atoms with Gasteiger partial charge in [-0.25, -0.2) is 0 Å². The van der Waals surface area contributed by atoms with Crippen molar-refractivity contribution in [2.24, 2.45) is 0 Å². The second-order valence-electron chi connectivity index (χ2n) is 22.0. The number of unbranched alkanes of at least 4 members (excludes halogenated alkanes) is 39. The van der Waals surface area contributed by atoms with Gasteiger partial charge in [-0.15, -0.1) is 0 Å². The van der Waals surface area contributed by atoms with Gasteiger partial charge in [-0.2, -0.15) is 0 Å². The van der Waals surface area contributed by atoms with Crippen LogP contribution in [-0.4, -0.2) is 37.2 Å². The minimum absolute atomic E-state index is 0.0812. The molecular formula is C69H124O6. The van der Waals surface area contributed by atoms with Crippen LogP contribution in [0.25, 0.3) is 0 Å². The first-order valence-corrected chi connectivity index (χ1v) is 32.8. The van der Waals surface area contributed by atoms with E-state index >= 15 is 0 Å². The largest absolute Gasteiger partial charge is 0.462 e. The Bertz CT molecular complexity index is 1340. The molecule has 0 saturated heterocycles. The molecule has 0 aromatic rings. The lowest BCUT2D eigenvalue weighted by Crippen LogP contribution is -2.30. The van der Waals surface area contributed by atoms with Crippen LogP contribution in [0.15, 0.2) is 60.8 Å². The number of allylic oxidation sites excluding steroid dienone is 10. The van der Waals surface area contributed by atoms with Crippen LogP contribution in [0.1, 0.15) is 342 Å². The van der Waals surface area contributed by atoms with Gasteiger partial charge in [0.2, 0.25) is 0 Å². The molecule has 6 heteroatoms. The maximum absolute atomic E-state index is 12.9. The van der Waals surface area contributed by atoms with Crippen molar-refractivity contribution in [3.05, 3.63) is 60.8 Å². The summed E-state index contributed by atoms with van der Waals surface area (Å²) in [5.74, 6) is -0.890. The first-order chi connectivity index (χ1) is 37.0. The Kier molecular flexibility index (Phi) is 61.2. The Hall–Kier alpha value is -2.89. The van der Waals surface area contributed by atoms with E-state index in [1.807, 2.05) is 0 Å². The number of ether oxygens (including phenoxy) is 3. The van der Waals surface area contributed by atoms with Crippen molar-refractivity contribution >= 4 is 17.9 Å². The number of hydrogen-bond acceptors (Lipinski definition) is 6. The van der Waals surface area contributed by atoms with Crippen LogP contribution in [0.3, 0.4) is 0 Å². The zero-order chi connectivity index (χ0) is 54.3. The molecule has 6 nitrogen and oxygen atoms in total. The molecule has 75 heavy (non-hydrogen) atoms. The van der Waals surface area contributed by atoms with Crippen molar-refractivity contribution in [3.8, 4) is 0 Å². The lowest BCUT2D eigenvalue weighted by Gasteiger charge is -2.18. The lowest BCUT2D eigenvalue weighted by atomic mass is 10.0. The van der Waals surface area contributed by atoms with Gasteiger partial charge in [-0.1, -0.05) is 300 Å². The fraction of sp³-hybridized carbons (Fsp3) is 0.812. The molecule has 0 fully saturated rings. The van der Waals surface area contributed by atoms with Crippen LogP contribution in [0, 0.1) is 0 Å². The molecule has 0 aliphatic carbocycles. The number of carbonyl (C=O) groups is 3. The molecule has 1 atom stereocenters. The zero-order valence-electron chi connectivity index (χ0n) is 50.1. The summed E-state index contributed by atoms with van der Waals surface area (Å²) in [6.45, 7) is 6.60. The van der Waals surface area contributed by atoms with Crippen LogP contribution in [0.5, 0.6) is 0 Å². The molecule has 0 bridgehead atoms. The van der Waals surface area contributed by atoms with Gasteiger partial charge in [-0.05, 0) is 83.5 Å². The second kappa shape index (κ2) is 63.6. The van der Waals surface area contributed by atoms with Crippen molar-refractivity contribution < 1.29 is 28.6 Å². The van der Waals surface area contributed by atoms with Gasteiger partial charge in [0, 0.05) is 19.3 Å². The van der Waals surface area contributed by atoms with E-state index in [0.29, 0.717) is 19.3 Å². The van der Waals surface area contributed by atoms with Gasteiger partial charge < -0.3 is 14.2 Å². The maximum Gasteiger partial charge on any atom is 0.306 e. The second-order valence-corrected chi connectivity index (χ2v) is 22.0. The Morgan fingerprint density at radius 2 is 0.493 bits per heavy atom.